The van der Waals surface area contributed by atoms with Crippen LogP contribution >= 0.6 is 15.9 Å². The number of pyridine rings is 1. The van der Waals surface area contributed by atoms with Crippen molar-refractivity contribution in [3.63, 3.8) is 0 Å². The third-order valence-corrected chi connectivity index (χ3v) is 4.35. The molecule has 0 unspecified atom stereocenters. The van der Waals surface area contributed by atoms with Crippen molar-refractivity contribution in [2.75, 3.05) is 33.9 Å². The summed E-state index contributed by atoms with van der Waals surface area (Å²) in [6.07, 6.45) is 1.70. The molecule has 0 aliphatic carbocycles. The standard InChI is InChI=1S/C18H27BrN2O5/c1-18(2,3)26-17(22)21-7-6-12(10-21)11-25-15-14(16(23-4)24-5)8-13(19)9-20-15/h8-9,12,16H,6-7,10-11H2,1-5H3/t12-/m0/s1. The highest BCUT2D eigenvalue weighted by Gasteiger charge is 2.30. The minimum atomic E-state index is -0.558. The van der Waals surface area contributed by atoms with Gasteiger partial charge in [-0.05, 0) is 49.2 Å². The molecule has 0 bridgehead atoms. The summed E-state index contributed by atoms with van der Waals surface area (Å²) in [6, 6.07) is 1.86. The molecule has 146 valence electrons. The van der Waals surface area contributed by atoms with Gasteiger partial charge < -0.3 is 23.8 Å². The zero-order valence-electron chi connectivity index (χ0n) is 16.0. The number of nitrogens with zero attached hydrogens (tertiary/aromatic N) is 2. The van der Waals surface area contributed by atoms with Crippen molar-refractivity contribution in [1.82, 2.24) is 9.88 Å². The lowest BCUT2D eigenvalue weighted by Crippen LogP contribution is -2.35. The number of carbonyl (C=O) groups is 1. The largest absolute Gasteiger partial charge is 0.477 e. The Balaban J connectivity index is 1.95. The third-order valence-electron chi connectivity index (χ3n) is 3.92. The molecule has 1 fully saturated rings. The Morgan fingerprint density at radius 2 is 2.08 bits per heavy atom. The number of hydrogen-bond acceptors (Lipinski definition) is 6. The second-order valence-electron chi connectivity index (χ2n) is 7.24. The Morgan fingerprint density at radius 3 is 2.69 bits per heavy atom. The average molecular weight is 431 g/mol. The zero-order chi connectivity index (χ0) is 19.3. The summed E-state index contributed by atoms with van der Waals surface area (Å²) in [4.78, 5) is 18.2. The molecular formula is C18H27BrN2O5. The minimum Gasteiger partial charge on any atom is -0.477 e. The van der Waals surface area contributed by atoms with Gasteiger partial charge in [0.25, 0.3) is 0 Å². The number of hydrogen-bond donors (Lipinski definition) is 0. The number of ether oxygens (including phenoxy) is 4. The normalized spacial score (nSPS) is 17.7. The van der Waals surface area contributed by atoms with Gasteiger partial charge in [0.1, 0.15) is 5.60 Å². The molecule has 1 aromatic heterocycles. The monoisotopic (exact) mass is 430 g/mol. The summed E-state index contributed by atoms with van der Waals surface area (Å²) in [5, 5.41) is 0. The van der Waals surface area contributed by atoms with Crippen molar-refractivity contribution in [3.05, 3.63) is 22.3 Å². The number of likely N-dealkylation sites (tertiary alicyclic amines) is 1. The van der Waals surface area contributed by atoms with Crippen LogP contribution in [0.15, 0.2) is 16.7 Å². The number of methoxy groups -OCH3 is 2. The van der Waals surface area contributed by atoms with Crippen molar-refractivity contribution in [3.8, 4) is 5.88 Å². The molecule has 8 heteroatoms. The number of amides is 1. The van der Waals surface area contributed by atoms with Crippen molar-refractivity contribution < 1.29 is 23.7 Å². The van der Waals surface area contributed by atoms with E-state index in [0.29, 0.717) is 31.1 Å². The second kappa shape index (κ2) is 9.01. The summed E-state index contributed by atoms with van der Waals surface area (Å²) in [7, 11) is 3.13. The van der Waals surface area contributed by atoms with Crippen molar-refractivity contribution in [2.45, 2.75) is 39.1 Å². The van der Waals surface area contributed by atoms with Gasteiger partial charge in [-0.2, -0.15) is 0 Å². The highest BCUT2D eigenvalue weighted by molar-refractivity contribution is 9.10. The van der Waals surface area contributed by atoms with Crippen LogP contribution in [0.3, 0.4) is 0 Å². The van der Waals surface area contributed by atoms with Crippen molar-refractivity contribution >= 4 is 22.0 Å². The molecule has 1 aliphatic rings. The number of rotatable bonds is 6. The van der Waals surface area contributed by atoms with E-state index < -0.39 is 11.9 Å². The first-order chi connectivity index (χ1) is 12.2. The Labute approximate surface area is 163 Å². The van der Waals surface area contributed by atoms with Gasteiger partial charge in [-0.25, -0.2) is 9.78 Å². The van der Waals surface area contributed by atoms with Gasteiger partial charge in [0.15, 0.2) is 6.29 Å². The fraction of sp³-hybridized carbons (Fsp3) is 0.667. The van der Waals surface area contributed by atoms with E-state index in [1.54, 1.807) is 25.3 Å². The zero-order valence-corrected chi connectivity index (χ0v) is 17.5. The van der Waals surface area contributed by atoms with Crippen LogP contribution in [-0.4, -0.2) is 55.5 Å². The molecule has 0 radical (unpaired) electrons. The van der Waals surface area contributed by atoms with E-state index in [9.17, 15) is 4.79 Å². The molecule has 0 aromatic carbocycles. The smallest absolute Gasteiger partial charge is 0.410 e. The molecular weight excluding hydrogens is 404 g/mol. The van der Waals surface area contributed by atoms with Crippen LogP contribution in [-0.2, 0) is 14.2 Å². The molecule has 0 saturated carbocycles. The maximum absolute atomic E-state index is 12.2. The maximum atomic E-state index is 12.2. The summed E-state index contributed by atoms with van der Waals surface area (Å²) < 4.78 is 22.8. The number of carbonyl (C=O) groups excluding carboxylic acids is 1. The highest BCUT2D eigenvalue weighted by Crippen LogP contribution is 2.29. The lowest BCUT2D eigenvalue weighted by Gasteiger charge is -2.24. The predicted octanol–water partition coefficient (Wildman–Crippen LogP) is 3.77. The molecule has 1 aromatic rings. The fourth-order valence-corrected chi connectivity index (χ4v) is 3.09. The van der Waals surface area contributed by atoms with E-state index in [-0.39, 0.29) is 12.0 Å². The lowest BCUT2D eigenvalue weighted by molar-refractivity contribution is -0.107. The van der Waals surface area contributed by atoms with Gasteiger partial charge in [-0.1, -0.05) is 0 Å². The Bertz CT molecular complexity index is 616. The molecule has 1 atom stereocenters. The first kappa shape index (κ1) is 20.9. The lowest BCUT2D eigenvalue weighted by atomic mass is 10.1. The van der Waals surface area contributed by atoms with Gasteiger partial charge in [0, 0.05) is 43.9 Å². The molecule has 1 aliphatic heterocycles. The quantitative estimate of drug-likeness (QED) is 0.639. The fourth-order valence-electron chi connectivity index (χ4n) is 2.74. The van der Waals surface area contributed by atoms with Crippen LogP contribution in [0.1, 0.15) is 39.0 Å². The van der Waals surface area contributed by atoms with Crippen LogP contribution in [0.25, 0.3) is 0 Å². The van der Waals surface area contributed by atoms with Crippen LogP contribution in [0, 0.1) is 5.92 Å². The van der Waals surface area contributed by atoms with E-state index in [2.05, 4.69) is 20.9 Å². The van der Waals surface area contributed by atoms with E-state index in [1.165, 1.54) is 0 Å². The van der Waals surface area contributed by atoms with Crippen LogP contribution in [0.5, 0.6) is 5.88 Å². The molecule has 2 heterocycles. The van der Waals surface area contributed by atoms with Gasteiger partial charge in [-0.15, -0.1) is 0 Å². The van der Waals surface area contributed by atoms with E-state index in [0.717, 1.165) is 10.9 Å². The average Bonchev–Trinajstić information content (AvgIpc) is 3.03. The summed E-state index contributed by atoms with van der Waals surface area (Å²) in [5.41, 5.74) is 0.225. The molecule has 1 saturated heterocycles. The summed E-state index contributed by atoms with van der Waals surface area (Å²) >= 11 is 3.40. The Morgan fingerprint density at radius 1 is 1.38 bits per heavy atom. The van der Waals surface area contributed by atoms with Crippen molar-refractivity contribution in [2.24, 2.45) is 5.92 Å². The highest BCUT2D eigenvalue weighted by atomic mass is 79.9. The van der Waals surface area contributed by atoms with Crippen LogP contribution < -0.4 is 4.74 Å². The summed E-state index contributed by atoms with van der Waals surface area (Å²) in [5.74, 6) is 0.696. The Kier molecular flexibility index (Phi) is 7.25. The first-order valence-electron chi connectivity index (χ1n) is 8.55. The maximum Gasteiger partial charge on any atom is 0.410 e. The number of halogens is 1. The molecule has 0 N–H and O–H groups in total. The first-order valence-corrected chi connectivity index (χ1v) is 9.34. The van der Waals surface area contributed by atoms with Gasteiger partial charge in [0.2, 0.25) is 5.88 Å². The SMILES string of the molecule is COC(OC)c1cc(Br)cnc1OC[C@H]1CCN(C(=O)OC(C)(C)C)C1. The summed E-state index contributed by atoms with van der Waals surface area (Å²) in [6.45, 7) is 7.33. The van der Waals surface area contributed by atoms with E-state index >= 15 is 0 Å². The number of aromatic nitrogens is 1. The molecule has 26 heavy (non-hydrogen) atoms. The molecule has 7 nitrogen and oxygen atoms in total. The van der Waals surface area contributed by atoms with Crippen molar-refractivity contribution in [1.29, 1.82) is 0 Å². The topological polar surface area (TPSA) is 70.1 Å². The molecule has 2 rings (SSSR count). The van der Waals surface area contributed by atoms with E-state index in [4.69, 9.17) is 18.9 Å². The van der Waals surface area contributed by atoms with Gasteiger partial charge >= 0.3 is 6.09 Å². The predicted molar refractivity (Wildman–Crippen MR) is 100 cm³/mol. The Hall–Kier alpha value is -1.38. The van der Waals surface area contributed by atoms with Crippen LogP contribution in [0.2, 0.25) is 0 Å². The third kappa shape index (κ3) is 5.82. The molecule has 0 spiro atoms. The second-order valence-corrected chi connectivity index (χ2v) is 8.16. The molecule has 1 amide bonds. The minimum absolute atomic E-state index is 0.226. The van der Waals surface area contributed by atoms with Gasteiger partial charge in [-0.3, -0.25) is 0 Å². The van der Waals surface area contributed by atoms with Crippen LogP contribution in [0.4, 0.5) is 4.79 Å². The van der Waals surface area contributed by atoms with Gasteiger partial charge in [0.05, 0.1) is 12.2 Å². The van der Waals surface area contributed by atoms with E-state index in [1.807, 2.05) is 26.8 Å².